The molecule has 0 spiro atoms. The molecular formula is C20H27N3O3. The van der Waals surface area contributed by atoms with Gasteiger partial charge < -0.3 is 10.6 Å². The molecule has 2 aliphatic rings. The standard InChI is InChI=1S/C20H27N3O3/c1-13-9-14(2)11-15(10-13)20(7-3-4-8-20)12-21-18(25)16-5-6-17(24)23-19(26)22-16/h9-11,16H,3-8,12H2,1-2H3,(H,21,25)(H2,22,23,24,26)/t16-/m1/s1. The quantitative estimate of drug-likeness (QED) is 0.772. The van der Waals surface area contributed by atoms with Crippen LogP contribution < -0.4 is 16.0 Å². The fourth-order valence-corrected chi connectivity index (χ4v) is 4.21. The molecular weight excluding hydrogens is 330 g/mol. The zero-order valence-corrected chi connectivity index (χ0v) is 15.5. The summed E-state index contributed by atoms with van der Waals surface area (Å²) in [5, 5.41) is 7.82. The maximum absolute atomic E-state index is 12.6. The Kier molecular flexibility index (Phi) is 5.30. The van der Waals surface area contributed by atoms with Crippen LogP contribution >= 0.6 is 0 Å². The van der Waals surface area contributed by atoms with Gasteiger partial charge in [-0.1, -0.05) is 42.2 Å². The fourth-order valence-electron chi connectivity index (χ4n) is 4.21. The Balaban J connectivity index is 1.72. The van der Waals surface area contributed by atoms with Crippen LogP contribution in [0.15, 0.2) is 18.2 Å². The second-order valence-corrected chi connectivity index (χ2v) is 7.69. The van der Waals surface area contributed by atoms with Crippen LogP contribution in [0.2, 0.25) is 0 Å². The van der Waals surface area contributed by atoms with E-state index in [1.54, 1.807) is 0 Å². The number of aryl methyl sites for hydroxylation is 2. The van der Waals surface area contributed by atoms with Crippen molar-refractivity contribution in [3.8, 4) is 0 Å². The van der Waals surface area contributed by atoms with Crippen LogP contribution in [-0.4, -0.2) is 30.4 Å². The Hall–Kier alpha value is -2.37. The van der Waals surface area contributed by atoms with Crippen molar-refractivity contribution in [1.82, 2.24) is 16.0 Å². The zero-order valence-electron chi connectivity index (χ0n) is 15.5. The summed E-state index contributed by atoms with van der Waals surface area (Å²) >= 11 is 0. The number of nitrogens with one attached hydrogen (secondary N) is 3. The van der Waals surface area contributed by atoms with Crippen molar-refractivity contribution in [3.05, 3.63) is 34.9 Å². The van der Waals surface area contributed by atoms with E-state index in [2.05, 4.69) is 48.0 Å². The first-order valence-corrected chi connectivity index (χ1v) is 9.35. The maximum atomic E-state index is 12.6. The number of hydrogen-bond acceptors (Lipinski definition) is 3. The second-order valence-electron chi connectivity index (χ2n) is 7.69. The molecule has 6 nitrogen and oxygen atoms in total. The summed E-state index contributed by atoms with van der Waals surface area (Å²) in [5.74, 6) is -0.564. The molecule has 1 atom stereocenters. The molecule has 1 aromatic rings. The molecule has 0 unspecified atom stereocenters. The fraction of sp³-hybridized carbons (Fsp3) is 0.550. The Morgan fingerprint density at radius 2 is 1.81 bits per heavy atom. The minimum atomic E-state index is -0.667. The number of hydrogen-bond donors (Lipinski definition) is 3. The van der Waals surface area contributed by atoms with Crippen LogP contribution in [0.25, 0.3) is 0 Å². The molecule has 1 saturated carbocycles. The molecule has 0 bridgehead atoms. The lowest BCUT2D eigenvalue weighted by Gasteiger charge is -2.31. The average Bonchev–Trinajstić information content (AvgIpc) is 2.98. The summed E-state index contributed by atoms with van der Waals surface area (Å²) in [6.45, 7) is 4.76. The molecule has 4 amide bonds. The number of urea groups is 1. The lowest BCUT2D eigenvalue weighted by molar-refractivity contribution is -0.123. The predicted octanol–water partition coefficient (Wildman–Crippen LogP) is 2.22. The van der Waals surface area contributed by atoms with Gasteiger partial charge in [-0.05, 0) is 38.7 Å². The summed E-state index contributed by atoms with van der Waals surface area (Å²) < 4.78 is 0. The highest BCUT2D eigenvalue weighted by Crippen LogP contribution is 2.41. The molecule has 0 radical (unpaired) electrons. The number of carbonyl (C=O) groups is 3. The SMILES string of the molecule is Cc1cc(C)cc(C2(CNC(=O)[C@H]3CCC(=O)NC(=O)N3)CCCC2)c1. The summed E-state index contributed by atoms with van der Waals surface area (Å²) in [6, 6.07) is 5.34. The van der Waals surface area contributed by atoms with E-state index in [9.17, 15) is 14.4 Å². The van der Waals surface area contributed by atoms with Gasteiger partial charge in [0, 0.05) is 18.4 Å². The predicted molar refractivity (Wildman–Crippen MR) is 98.8 cm³/mol. The second kappa shape index (κ2) is 7.48. The van der Waals surface area contributed by atoms with Crippen LogP contribution in [0.3, 0.4) is 0 Å². The molecule has 1 aliphatic heterocycles. The minimum absolute atomic E-state index is 0.0464. The smallest absolute Gasteiger partial charge is 0.322 e. The molecule has 3 rings (SSSR count). The van der Waals surface area contributed by atoms with Crippen molar-refractivity contribution in [3.63, 3.8) is 0 Å². The van der Waals surface area contributed by atoms with Gasteiger partial charge in [-0.3, -0.25) is 14.9 Å². The first-order valence-electron chi connectivity index (χ1n) is 9.35. The topological polar surface area (TPSA) is 87.3 Å². The summed E-state index contributed by atoms with van der Waals surface area (Å²) in [4.78, 5) is 35.6. The molecule has 2 fully saturated rings. The van der Waals surface area contributed by atoms with E-state index in [0.717, 1.165) is 25.7 Å². The molecule has 1 aromatic carbocycles. The van der Waals surface area contributed by atoms with E-state index >= 15 is 0 Å². The number of carbonyl (C=O) groups excluding carboxylic acids is 3. The van der Waals surface area contributed by atoms with Gasteiger partial charge in [-0.2, -0.15) is 0 Å². The number of rotatable bonds is 4. The van der Waals surface area contributed by atoms with Gasteiger partial charge in [0.05, 0.1) is 0 Å². The number of amides is 4. The van der Waals surface area contributed by atoms with Gasteiger partial charge in [0.15, 0.2) is 0 Å². The summed E-state index contributed by atoms with van der Waals surface area (Å²) in [7, 11) is 0. The van der Waals surface area contributed by atoms with Gasteiger partial charge in [0.25, 0.3) is 0 Å². The Morgan fingerprint density at radius 1 is 1.15 bits per heavy atom. The zero-order chi connectivity index (χ0) is 18.7. The molecule has 6 heteroatoms. The molecule has 3 N–H and O–H groups in total. The molecule has 1 heterocycles. The first-order chi connectivity index (χ1) is 12.4. The van der Waals surface area contributed by atoms with Gasteiger partial charge in [-0.25, -0.2) is 4.79 Å². The lowest BCUT2D eigenvalue weighted by Crippen LogP contribution is -2.50. The first kappa shape index (κ1) is 18.4. The highest BCUT2D eigenvalue weighted by Gasteiger charge is 2.37. The Morgan fingerprint density at radius 3 is 2.46 bits per heavy atom. The van der Waals surface area contributed by atoms with Gasteiger partial charge >= 0.3 is 6.03 Å². The van der Waals surface area contributed by atoms with Crippen LogP contribution in [0, 0.1) is 13.8 Å². The van der Waals surface area contributed by atoms with E-state index in [4.69, 9.17) is 0 Å². The van der Waals surface area contributed by atoms with E-state index < -0.39 is 12.1 Å². The van der Waals surface area contributed by atoms with Crippen molar-refractivity contribution < 1.29 is 14.4 Å². The third kappa shape index (κ3) is 4.06. The van der Waals surface area contributed by atoms with E-state index in [1.165, 1.54) is 16.7 Å². The minimum Gasteiger partial charge on any atom is -0.353 e. The number of benzene rings is 1. The van der Waals surface area contributed by atoms with Crippen molar-refractivity contribution in [1.29, 1.82) is 0 Å². The lowest BCUT2D eigenvalue weighted by atomic mass is 9.77. The highest BCUT2D eigenvalue weighted by atomic mass is 16.2. The monoisotopic (exact) mass is 357 g/mol. The Bertz CT molecular complexity index is 703. The van der Waals surface area contributed by atoms with Crippen molar-refractivity contribution in [2.45, 2.75) is 63.8 Å². The molecule has 0 aromatic heterocycles. The van der Waals surface area contributed by atoms with Gasteiger partial charge in [0.2, 0.25) is 11.8 Å². The van der Waals surface area contributed by atoms with Crippen molar-refractivity contribution >= 4 is 17.8 Å². The van der Waals surface area contributed by atoms with Crippen molar-refractivity contribution in [2.24, 2.45) is 0 Å². The van der Waals surface area contributed by atoms with Crippen LogP contribution in [0.4, 0.5) is 4.79 Å². The van der Waals surface area contributed by atoms with E-state index in [0.29, 0.717) is 13.0 Å². The third-order valence-electron chi connectivity index (χ3n) is 5.53. The molecule has 1 aliphatic carbocycles. The Labute approximate surface area is 154 Å². The van der Waals surface area contributed by atoms with Gasteiger partial charge in [-0.15, -0.1) is 0 Å². The molecule has 1 saturated heterocycles. The summed E-state index contributed by atoms with van der Waals surface area (Å²) in [5.41, 5.74) is 3.71. The van der Waals surface area contributed by atoms with Crippen LogP contribution in [0.1, 0.15) is 55.2 Å². The van der Waals surface area contributed by atoms with Crippen LogP contribution in [-0.2, 0) is 15.0 Å². The largest absolute Gasteiger partial charge is 0.353 e. The average molecular weight is 357 g/mol. The van der Waals surface area contributed by atoms with Crippen molar-refractivity contribution in [2.75, 3.05) is 6.54 Å². The normalized spacial score (nSPS) is 22.3. The highest BCUT2D eigenvalue weighted by molar-refractivity contribution is 5.98. The molecule has 26 heavy (non-hydrogen) atoms. The molecule has 140 valence electrons. The van der Waals surface area contributed by atoms with E-state index in [-0.39, 0.29) is 23.7 Å². The van der Waals surface area contributed by atoms with E-state index in [1.807, 2.05) is 0 Å². The van der Waals surface area contributed by atoms with Gasteiger partial charge in [0.1, 0.15) is 6.04 Å². The van der Waals surface area contributed by atoms with Crippen LogP contribution in [0.5, 0.6) is 0 Å². The number of imide groups is 1. The summed E-state index contributed by atoms with van der Waals surface area (Å²) in [6.07, 6.45) is 4.89. The maximum Gasteiger partial charge on any atom is 0.322 e. The third-order valence-corrected chi connectivity index (χ3v) is 5.53.